The maximum atomic E-state index is 5.97. The molecule has 3 rings (SSSR count). The fourth-order valence-corrected chi connectivity index (χ4v) is 3.20. The van der Waals surface area contributed by atoms with E-state index in [1.165, 1.54) is 5.56 Å². The van der Waals surface area contributed by atoms with Gasteiger partial charge in [-0.25, -0.2) is 9.97 Å². The zero-order chi connectivity index (χ0) is 22.8. The molecule has 0 spiro atoms. The first-order valence-electron chi connectivity index (χ1n) is 10.7. The molecule has 33 heavy (non-hydrogen) atoms. The van der Waals surface area contributed by atoms with Crippen molar-refractivity contribution >= 4 is 29.9 Å². The lowest BCUT2D eigenvalue weighted by Crippen LogP contribution is -2.36. The standard InChI is InChI=1S/C24H32N6O2.HI/c1-18-6-8-21(22(14-18)32-13-5-12-31-4)17-29-24(25-3)28-16-20-7-9-23(27-15-20)30-11-10-26-19(30)2;/h6-11,14-15H,5,12-13,16-17H2,1-4H3,(H2,25,28,29);1H. The third-order valence-corrected chi connectivity index (χ3v) is 4.98. The number of nitrogens with one attached hydrogen (secondary N) is 2. The number of imidazole rings is 1. The summed E-state index contributed by atoms with van der Waals surface area (Å²) in [5, 5.41) is 6.69. The summed E-state index contributed by atoms with van der Waals surface area (Å²) in [4.78, 5) is 13.1. The van der Waals surface area contributed by atoms with E-state index in [1.54, 1.807) is 20.4 Å². The van der Waals surface area contributed by atoms with Crippen LogP contribution in [-0.2, 0) is 17.8 Å². The van der Waals surface area contributed by atoms with E-state index >= 15 is 0 Å². The first-order chi connectivity index (χ1) is 15.6. The van der Waals surface area contributed by atoms with Gasteiger partial charge in [0.05, 0.1) is 6.61 Å². The van der Waals surface area contributed by atoms with Crippen LogP contribution < -0.4 is 15.4 Å². The lowest BCUT2D eigenvalue weighted by atomic mass is 10.1. The summed E-state index contributed by atoms with van der Waals surface area (Å²) in [5.74, 6) is 3.36. The van der Waals surface area contributed by atoms with Gasteiger partial charge in [0.2, 0.25) is 0 Å². The van der Waals surface area contributed by atoms with Crippen molar-refractivity contribution in [1.82, 2.24) is 25.2 Å². The summed E-state index contributed by atoms with van der Waals surface area (Å²) in [6.07, 6.45) is 6.39. The molecule has 0 saturated carbocycles. The maximum absolute atomic E-state index is 5.97. The van der Waals surface area contributed by atoms with E-state index in [4.69, 9.17) is 9.47 Å². The molecule has 178 valence electrons. The summed E-state index contributed by atoms with van der Waals surface area (Å²) < 4.78 is 13.0. The molecule has 0 bridgehead atoms. The van der Waals surface area contributed by atoms with Crippen molar-refractivity contribution in [3.63, 3.8) is 0 Å². The number of guanidine groups is 1. The second-order valence-corrected chi connectivity index (χ2v) is 7.45. The van der Waals surface area contributed by atoms with E-state index in [0.29, 0.717) is 32.3 Å². The number of hydrogen-bond acceptors (Lipinski definition) is 5. The second kappa shape index (κ2) is 13.8. The predicted octanol–water partition coefficient (Wildman–Crippen LogP) is 3.78. The summed E-state index contributed by atoms with van der Waals surface area (Å²) in [6.45, 7) is 6.55. The molecule has 9 heteroatoms. The Kier molecular flexibility index (Phi) is 11.1. The normalized spacial score (nSPS) is 11.1. The highest BCUT2D eigenvalue weighted by Gasteiger charge is 2.07. The minimum Gasteiger partial charge on any atom is -0.493 e. The smallest absolute Gasteiger partial charge is 0.191 e. The molecule has 0 atom stereocenters. The molecule has 0 unspecified atom stereocenters. The predicted molar refractivity (Wildman–Crippen MR) is 142 cm³/mol. The number of pyridine rings is 1. The van der Waals surface area contributed by atoms with Crippen LogP contribution in [0.15, 0.2) is 53.9 Å². The molecule has 2 aromatic heterocycles. The average Bonchev–Trinajstić information content (AvgIpc) is 3.24. The highest BCUT2D eigenvalue weighted by Crippen LogP contribution is 2.20. The van der Waals surface area contributed by atoms with Crippen LogP contribution in [0.25, 0.3) is 5.82 Å². The molecular formula is C24H33IN6O2. The monoisotopic (exact) mass is 564 g/mol. The molecule has 8 nitrogen and oxygen atoms in total. The molecule has 3 aromatic rings. The van der Waals surface area contributed by atoms with Gasteiger partial charge in [0.25, 0.3) is 0 Å². The van der Waals surface area contributed by atoms with E-state index in [-0.39, 0.29) is 24.0 Å². The number of benzene rings is 1. The number of ether oxygens (including phenoxy) is 2. The fraction of sp³-hybridized carbons (Fsp3) is 0.375. The number of halogens is 1. The highest BCUT2D eigenvalue weighted by atomic mass is 127. The van der Waals surface area contributed by atoms with Gasteiger partial charge in [0.15, 0.2) is 5.96 Å². The molecule has 0 aliphatic rings. The first-order valence-corrected chi connectivity index (χ1v) is 10.7. The first kappa shape index (κ1) is 26.6. The van der Waals surface area contributed by atoms with Crippen molar-refractivity contribution in [2.75, 3.05) is 27.4 Å². The quantitative estimate of drug-likeness (QED) is 0.169. The van der Waals surface area contributed by atoms with Crippen molar-refractivity contribution in [3.05, 3.63) is 71.4 Å². The molecular weight excluding hydrogens is 531 g/mol. The molecule has 0 amide bonds. The summed E-state index contributed by atoms with van der Waals surface area (Å²) in [5.41, 5.74) is 3.31. The SMILES string of the molecule is CN=C(NCc1ccc(-n2ccnc2C)nc1)NCc1ccc(C)cc1OCCCOC.I. The minimum atomic E-state index is 0. The Hall–Kier alpha value is -2.66. The summed E-state index contributed by atoms with van der Waals surface area (Å²) >= 11 is 0. The van der Waals surface area contributed by atoms with Gasteiger partial charge in [-0.3, -0.25) is 9.56 Å². The number of aliphatic imine (C=N–C) groups is 1. The van der Waals surface area contributed by atoms with Gasteiger partial charge >= 0.3 is 0 Å². The number of aryl methyl sites for hydroxylation is 2. The van der Waals surface area contributed by atoms with Crippen LogP contribution in [0, 0.1) is 13.8 Å². The Morgan fingerprint density at radius 1 is 1.06 bits per heavy atom. The van der Waals surface area contributed by atoms with Crippen molar-refractivity contribution in [2.24, 2.45) is 4.99 Å². The van der Waals surface area contributed by atoms with Gasteiger partial charge in [-0.05, 0) is 37.1 Å². The lowest BCUT2D eigenvalue weighted by Gasteiger charge is -2.15. The van der Waals surface area contributed by atoms with Crippen LogP contribution in [0.2, 0.25) is 0 Å². The van der Waals surface area contributed by atoms with Gasteiger partial charge < -0.3 is 20.1 Å². The number of hydrogen-bond donors (Lipinski definition) is 2. The van der Waals surface area contributed by atoms with Crippen LogP contribution in [0.4, 0.5) is 0 Å². The number of methoxy groups -OCH3 is 1. The maximum Gasteiger partial charge on any atom is 0.191 e. The van der Waals surface area contributed by atoms with Crippen LogP contribution in [0.5, 0.6) is 5.75 Å². The van der Waals surface area contributed by atoms with E-state index < -0.39 is 0 Å². The van der Waals surface area contributed by atoms with Crippen LogP contribution in [0.1, 0.15) is 28.9 Å². The number of rotatable bonds is 10. The molecule has 0 radical (unpaired) electrons. The van der Waals surface area contributed by atoms with E-state index in [0.717, 1.165) is 34.9 Å². The molecule has 0 saturated heterocycles. The molecule has 2 heterocycles. The third-order valence-electron chi connectivity index (χ3n) is 4.98. The Balaban J connectivity index is 0.00000385. The zero-order valence-corrected chi connectivity index (χ0v) is 22.0. The Morgan fingerprint density at radius 3 is 2.55 bits per heavy atom. The topological polar surface area (TPSA) is 85.6 Å². The van der Waals surface area contributed by atoms with E-state index in [2.05, 4.69) is 50.7 Å². The van der Waals surface area contributed by atoms with E-state index in [9.17, 15) is 0 Å². The lowest BCUT2D eigenvalue weighted by molar-refractivity contribution is 0.171. The second-order valence-electron chi connectivity index (χ2n) is 7.45. The Labute approximate surface area is 212 Å². The zero-order valence-electron chi connectivity index (χ0n) is 19.7. The van der Waals surface area contributed by atoms with Crippen LogP contribution in [-0.4, -0.2) is 47.9 Å². The molecule has 1 aromatic carbocycles. The third kappa shape index (κ3) is 8.01. The average molecular weight is 564 g/mol. The van der Waals surface area contributed by atoms with Crippen LogP contribution in [0.3, 0.4) is 0 Å². The number of nitrogens with zero attached hydrogens (tertiary/aromatic N) is 4. The molecule has 0 aliphatic carbocycles. The van der Waals surface area contributed by atoms with Crippen LogP contribution >= 0.6 is 24.0 Å². The van der Waals surface area contributed by atoms with Gasteiger partial charge in [-0.2, -0.15) is 0 Å². The largest absolute Gasteiger partial charge is 0.493 e. The number of aromatic nitrogens is 3. The van der Waals surface area contributed by atoms with Crippen molar-refractivity contribution in [1.29, 1.82) is 0 Å². The van der Waals surface area contributed by atoms with Gasteiger partial charge in [-0.15, -0.1) is 24.0 Å². The van der Waals surface area contributed by atoms with Crippen molar-refractivity contribution in [3.8, 4) is 11.6 Å². The minimum absolute atomic E-state index is 0. The highest BCUT2D eigenvalue weighted by molar-refractivity contribution is 14.0. The molecule has 0 fully saturated rings. The van der Waals surface area contributed by atoms with Crippen molar-refractivity contribution < 1.29 is 9.47 Å². The Morgan fingerprint density at radius 2 is 1.88 bits per heavy atom. The van der Waals surface area contributed by atoms with Gasteiger partial charge in [0, 0.05) is 64.4 Å². The fourth-order valence-electron chi connectivity index (χ4n) is 3.20. The summed E-state index contributed by atoms with van der Waals surface area (Å²) in [6, 6.07) is 10.3. The Bertz CT molecular complexity index is 1020. The van der Waals surface area contributed by atoms with Gasteiger partial charge in [0.1, 0.15) is 17.4 Å². The molecule has 0 aliphatic heterocycles. The molecule has 2 N–H and O–H groups in total. The van der Waals surface area contributed by atoms with Crippen molar-refractivity contribution in [2.45, 2.75) is 33.4 Å². The van der Waals surface area contributed by atoms with Gasteiger partial charge in [-0.1, -0.05) is 18.2 Å². The van der Waals surface area contributed by atoms with E-state index in [1.807, 2.05) is 36.0 Å². The summed E-state index contributed by atoms with van der Waals surface area (Å²) in [7, 11) is 3.46.